The molecule has 0 unspecified atom stereocenters. The summed E-state index contributed by atoms with van der Waals surface area (Å²) in [5, 5.41) is 4.43. The van der Waals surface area contributed by atoms with Gasteiger partial charge in [0, 0.05) is 18.2 Å². The Bertz CT molecular complexity index is 774. The zero-order valence-electron chi connectivity index (χ0n) is 12.1. The van der Waals surface area contributed by atoms with E-state index >= 15 is 0 Å². The molecule has 1 heterocycles. The summed E-state index contributed by atoms with van der Waals surface area (Å²) in [6, 6.07) is 19.2. The maximum atomic E-state index is 12.8. The van der Waals surface area contributed by atoms with Crippen LogP contribution in [-0.4, -0.2) is 15.6 Å². The first-order valence-electron chi connectivity index (χ1n) is 6.87. The van der Waals surface area contributed by atoms with E-state index in [1.54, 1.807) is 4.68 Å². The predicted molar refractivity (Wildman–Crippen MR) is 83.3 cm³/mol. The number of aryl methyl sites for hydroxylation is 2. The van der Waals surface area contributed by atoms with Crippen molar-refractivity contribution in [2.45, 2.75) is 6.92 Å². The van der Waals surface area contributed by atoms with Crippen LogP contribution in [0.5, 0.6) is 0 Å². The Kier molecular flexibility index (Phi) is 3.40. The number of hydrogen-bond donors (Lipinski definition) is 0. The molecular formula is C18H16N2O. The number of nitrogens with zero attached hydrogens (tertiary/aromatic N) is 2. The van der Waals surface area contributed by atoms with Gasteiger partial charge in [0.25, 0.3) is 0 Å². The molecule has 3 rings (SSSR count). The van der Waals surface area contributed by atoms with Crippen LogP contribution < -0.4 is 0 Å². The molecule has 0 aliphatic rings. The number of ketones is 1. The number of aromatic nitrogens is 2. The Labute approximate surface area is 123 Å². The summed E-state index contributed by atoms with van der Waals surface area (Å²) in [7, 11) is 1.87. The van der Waals surface area contributed by atoms with E-state index in [1.165, 1.54) is 0 Å². The van der Waals surface area contributed by atoms with Gasteiger partial charge < -0.3 is 0 Å². The fourth-order valence-electron chi connectivity index (χ4n) is 2.59. The molecule has 0 amide bonds. The Morgan fingerprint density at radius 1 is 0.952 bits per heavy atom. The van der Waals surface area contributed by atoms with Gasteiger partial charge in [-0.2, -0.15) is 5.10 Å². The first kappa shape index (κ1) is 13.3. The SMILES string of the molecule is Cc1nn(C)c(-c2ccccc2)c1C(=O)c1ccccc1. The fourth-order valence-corrected chi connectivity index (χ4v) is 2.59. The monoisotopic (exact) mass is 276 g/mol. The number of benzene rings is 2. The van der Waals surface area contributed by atoms with Crippen LogP contribution >= 0.6 is 0 Å². The van der Waals surface area contributed by atoms with Gasteiger partial charge in [0.1, 0.15) is 0 Å². The van der Waals surface area contributed by atoms with E-state index in [4.69, 9.17) is 0 Å². The molecule has 0 spiro atoms. The minimum Gasteiger partial charge on any atom is -0.288 e. The van der Waals surface area contributed by atoms with Gasteiger partial charge in [-0.05, 0) is 6.92 Å². The van der Waals surface area contributed by atoms with E-state index in [-0.39, 0.29) is 5.78 Å². The summed E-state index contributed by atoms with van der Waals surface area (Å²) >= 11 is 0. The highest BCUT2D eigenvalue weighted by atomic mass is 16.1. The molecule has 1 aromatic heterocycles. The molecule has 0 N–H and O–H groups in total. The average Bonchev–Trinajstić information content (AvgIpc) is 2.82. The van der Waals surface area contributed by atoms with Gasteiger partial charge in [-0.25, -0.2) is 0 Å². The molecule has 0 bridgehead atoms. The second-order valence-corrected chi connectivity index (χ2v) is 4.99. The molecule has 0 fully saturated rings. The Balaban J connectivity index is 2.18. The summed E-state index contributed by atoms with van der Waals surface area (Å²) in [5.41, 5.74) is 3.98. The molecule has 0 aliphatic heterocycles. The van der Waals surface area contributed by atoms with E-state index in [1.807, 2.05) is 74.6 Å². The first-order chi connectivity index (χ1) is 10.2. The van der Waals surface area contributed by atoms with Gasteiger partial charge >= 0.3 is 0 Å². The van der Waals surface area contributed by atoms with Crippen molar-refractivity contribution in [1.29, 1.82) is 0 Å². The van der Waals surface area contributed by atoms with Crippen LogP contribution in [0.15, 0.2) is 60.7 Å². The number of carbonyl (C=O) groups is 1. The van der Waals surface area contributed by atoms with Crippen molar-refractivity contribution in [3.05, 3.63) is 77.5 Å². The van der Waals surface area contributed by atoms with E-state index in [9.17, 15) is 4.79 Å². The van der Waals surface area contributed by atoms with Gasteiger partial charge in [0.15, 0.2) is 5.78 Å². The highest BCUT2D eigenvalue weighted by molar-refractivity contribution is 6.13. The predicted octanol–water partition coefficient (Wildman–Crippen LogP) is 3.63. The maximum absolute atomic E-state index is 12.8. The molecule has 0 aliphatic carbocycles. The zero-order valence-corrected chi connectivity index (χ0v) is 12.1. The van der Waals surface area contributed by atoms with E-state index in [2.05, 4.69) is 5.10 Å². The molecule has 0 saturated carbocycles. The van der Waals surface area contributed by atoms with Crippen LogP contribution in [0.1, 0.15) is 21.6 Å². The molecular weight excluding hydrogens is 260 g/mol. The average molecular weight is 276 g/mol. The number of hydrogen-bond acceptors (Lipinski definition) is 2. The minimum absolute atomic E-state index is 0.0139. The largest absolute Gasteiger partial charge is 0.288 e. The highest BCUT2D eigenvalue weighted by Crippen LogP contribution is 2.27. The Morgan fingerprint density at radius 3 is 2.14 bits per heavy atom. The molecule has 0 atom stereocenters. The standard InChI is InChI=1S/C18H16N2O/c1-13-16(18(21)15-11-7-4-8-12-15)17(20(2)19-13)14-9-5-3-6-10-14/h3-12H,1-2H3. The lowest BCUT2D eigenvalue weighted by molar-refractivity contribution is 0.103. The molecule has 3 nitrogen and oxygen atoms in total. The Hall–Kier alpha value is -2.68. The molecule has 0 radical (unpaired) electrons. The van der Waals surface area contributed by atoms with Crippen LogP contribution in [-0.2, 0) is 7.05 Å². The van der Waals surface area contributed by atoms with Crippen molar-refractivity contribution in [2.24, 2.45) is 7.05 Å². The van der Waals surface area contributed by atoms with Crippen molar-refractivity contribution < 1.29 is 4.79 Å². The molecule has 21 heavy (non-hydrogen) atoms. The van der Waals surface area contributed by atoms with E-state index in [0.29, 0.717) is 11.1 Å². The second kappa shape index (κ2) is 5.37. The fraction of sp³-hybridized carbons (Fsp3) is 0.111. The summed E-state index contributed by atoms with van der Waals surface area (Å²) in [6.45, 7) is 1.88. The van der Waals surface area contributed by atoms with Gasteiger partial charge in [-0.1, -0.05) is 60.7 Å². The van der Waals surface area contributed by atoms with E-state index < -0.39 is 0 Å². The normalized spacial score (nSPS) is 10.6. The zero-order chi connectivity index (χ0) is 14.8. The first-order valence-corrected chi connectivity index (χ1v) is 6.87. The number of carbonyl (C=O) groups excluding carboxylic acids is 1. The molecule has 3 aromatic rings. The summed E-state index contributed by atoms with van der Waals surface area (Å²) in [5.74, 6) is 0.0139. The Morgan fingerprint density at radius 2 is 1.52 bits per heavy atom. The van der Waals surface area contributed by atoms with Crippen molar-refractivity contribution in [3.8, 4) is 11.3 Å². The van der Waals surface area contributed by atoms with Gasteiger partial charge in [0.2, 0.25) is 0 Å². The highest BCUT2D eigenvalue weighted by Gasteiger charge is 2.22. The lowest BCUT2D eigenvalue weighted by atomic mass is 9.98. The van der Waals surface area contributed by atoms with Crippen LogP contribution in [0.25, 0.3) is 11.3 Å². The summed E-state index contributed by atoms with van der Waals surface area (Å²) in [6.07, 6.45) is 0. The van der Waals surface area contributed by atoms with Gasteiger partial charge in [-0.15, -0.1) is 0 Å². The van der Waals surface area contributed by atoms with Gasteiger partial charge in [0.05, 0.1) is 17.0 Å². The molecule has 104 valence electrons. The molecule has 3 heteroatoms. The third-order valence-electron chi connectivity index (χ3n) is 3.53. The maximum Gasteiger partial charge on any atom is 0.197 e. The molecule has 2 aromatic carbocycles. The van der Waals surface area contributed by atoms with Crippen LogP contribution in [0.4, 0.5) is 0 Å². The van der Waals surface area contributed by atoms with Crippen molar-refractivity contribution in [1.82, 2.24) is 9.78 Å². The third kappa shape index (κ3) is 2.38. The van der Waals surface area contributed by atoms with Crippen molar-refractivity contribution in [3.63, 3.8) is 0 Å². The van der Waals surface area contributed by atoms with E-state index in [0.717, 1.165) is 17.0 Å². The van der Waals surface area contributed by atoms with Gasteiger partial charge in [-0.3, -0.25) is 9.48 Å². The van der Waals surface area contributed by atoms with Crippen molar-refractivity contribution in [2.75, 3.05) is 0 Å². The van der Waals surface area contributed by atoms with Crippen LogP contribution in [0, 0.1) is 6.92 Å². The lowest BCUT2D eigenvalue weighted by Crippen LogP contribution is -2.04. The summed E-state index contributed by atoms with van der Waals surface area (Å²) < 4.78 is 1.78. The quantitative estimate of drug-likeness (QED) is 0.685. The molecule has 0 saturated heterocycles. The third-order valence-corrected chi connectivity index (χ3v) is 3.53. The number of rotatable bonds is 3. The van der Waals surface area contributed by atoms with Crippen molar-refractivity contribution >= 4 is 5.78 Å². The van der Waals surface area contributed by atoms with Crippen LogP contribution in [0.2, 0.25) is 0 Å². The summed E-state index contributed by atoms with van der Waals surface area (Å²) in [4.78, 5) is 12.8. The van der Waals surface area contributed by atoms with Crippen LogP contribution in [0.3, 0.4) is 0 Å². The smallest absolute Gasteiger partial charge is 0.197 e. The topological polar surface area (TPSA) is 34.9 Å². The second-order valence-electron chi connectivity index (χ2n) is 4.99. The minimum atomic E-state index is 0.0139. The lowest BCUT2D eigenvalue weighted by Gasteiger charge is -2.06.